The van der Waals surface area contributed by atoms with E-state index in [4.69, 9.17) is 4.55 Å². The van der Waals surface area contributed by atoms with Crippen LogP contribution in [0.4, 0.5) is 0 Å². The lowest BCUT2D eigenvalue weighted by Crippen LogP contribution is -2.01. The summed E-state index contributed by atoms with van der Waals surface area (Å²) in [7, 11) is -3.67. The first-order valence-electron chi connectivity index (χ1n) is 4.51. The van der Waals surface area contributed by atoms with Gasteiger partial charge in [0.15, 0.2) is 0 Å². The Morgan fingerprint density at radius 1 is 1.60 bits per heavy atom. The number of nitrogens with zero attached hydrogens (tertiary/aromatic N) is 2. The molecule has 0 amide bonds. The van der Waals surface area contributed by atoms with Crippen molar-refractivity contribution in [3.8, 4) is 0 Å². The normalized spacial score (nSPS) is 10.3. The van der Waals surface area contributed by atoms with Gasteiger partial charge in [-0.1, -0.05) is 13.0 Å². The van der Waals surface area contributed by atoms with Gasteiger partial charge < -0.3 is 4.57 Å². The van der Waals surface area contributed by atoms with E-state index in [0.717, 1.165) is 6.54 Å². The van der Waals surface area contributed by atoms with Crippen molar-refractivity contribution in [2.75, 3.05) is 5.75 Å². The highest BCUT2D eigenvalue weighted by Crippen LogP contribution is 1.84. The second kappa shape index (κ2) is 7.19. The highest BCUT2D eigenvalue weighted by atomic mass is 32.2. The zero-order chi connectivity index (χ0) is 11.7. The highest BCUT2D eigenvalue weighted by molar-refractivity contribution is 7.85. The van der Waals surface area contributed by atoms with Gasteiger partial charge in [0.1, 0.15) is 0 Å². The zero-order valence-electron chi connectivity index (χ0n) is 8.70. The van der Waals surface area contributed by atoms with E-state index < -0.39 is 10.1 Å². The Balaban J connectivity index is 0.000000265. The first kappa shape index (κ1) is 13.9. The Morgan fingerprint density at radius 3 is 2.53 bits per heavy atom. The van der Waals surface area contributed by atoms with Gasteiger partial charge in [0.25, 0.3) is 10.1 Å². The molecule has 0 radical (unpaired) electrons. The van der Waals surface area contributed by atoms with Crippen molar-refractivity contribution in [3.05, 3.63) is 31.4 Å². The number of hydrogen-bond acceptors (Lipinski definition) is 3. The number of imidazole rings is 1. The molecule has 0 aliphatic rings. The van der Waals surface area contributed by atoms with Crippen LogP contribution in [0, 0.1) is 0 Å². The smallest absolute Gasteiger partial charge is 0.264 e. The van der Waals surface area contributed by atoms with Gasteiger partial charge in [-0.25, -0.2) is 4.98 Å². The Morgan fingerprint density at radius 2 is 2.27 bits per heavy atom. The maximum atomic E-state index is 9.79. The molecule has 0 bridgehead atoms. The van der Waals surface area contributed by atoms with Gasteiger partial charge in [0.05, 0.1) is 12.1 Å². The fraction of sp³-hybridized carbons (Fsp3) is 0.444. The summed E-state index contributed by atoms with van der Waals surface area (Å²) < 4.78 is 29.5. The number of hydrogen-bond donors (Lipinski definition) is 1. The fourth-order valence-corrected chi connectivity index (χ4v) is 1.32. The average Bonchev–Trinajstić information content (AvgIpc) is 2.56. The molecule has 1 rings (SSSR count). The molecule has 0 saturated carbocycles. The summed E-state index contributed by atoms with van der Waals surface area (Å²) >= 11 is 0. The van der Waals surface area contributed by atoms with Crippen LogP contribution in [-0.2, 0) is 16.7 Å². The van der Waals surface area contributed by atoms with Crippen molar-refractivity contribution in [2.24, 2.45) is 0 Å². The van der Waals surface area contributed by atoms with E-state index in [1.54, 1.807) is 19.4 Å². The standard InChI is InChI=1S/C6H8N2.C3H8O3S/c1-2-4-8-5-3-7-6-8;1-2-3-7(4,5)6/h2-3,5-6H,1,4H2;2-3H2,1H3,(H,4,5,6). The van der Waals surface area contributed by atoms with Gasteiger partial charge in [-0.2, -0.15) is 8.42 Å². The fourth-order valence-electron chi connectivity index (χ4n) is 0.802. The molecule has 5 nitrogen and oxygen atoms in total. The van der Waals surface area contributed by atoms with Crippen molar-refractivity contribution < 1.29 is 13.0 Å². The van der Waals surface area contributed by atoms with E-state index in [-0.39, 0.29) is 5.75 Å². The third-order valence-corrected chi connectivity index (χ3v) is 2.29. The Hall–Kier alpha value is -1.14. The molecule has 15 heavy (non-hydrogen) atoms. The molecule has 0 saturated heterocycles. The molecule has 0 aromatic carbocycles. The zero-order valence-corrected chi connectivity index (χ0v) is 9.52. The van der Waals surface area contributed by atoms with Crippen molar-refractivity contribution in [2.45, 2.75) is 19.9 Å². The van der Waals surface area contributed by atoms with Crippen LogP contribution in [0.5, 0.6) is 0 Å². The molecule has 1 aromatic heterocycles. The van der Waals surface area contributed by atoms with Crippen LogP contribution < -0.4 is 0 Å². The molecule has 0 spiro atoms. The second-order valence-electron chi connectivity index (χ2n) is 2.83. The molecule has 0 atom stereocenters. The lowest BCUT2D eigenvalue weighted by molar-refractivity contribution is 0.482. The Kier molecular flexibility index (Phi) is 6.64. The highest BCUT2D eigenvalue weighted by Gasteiger charge is 1.98. The van der Waals surface area contributed by atoms with Crippen LogP contribution in [0.15, 0.2) is 31.4 Å². The summed E-state index contributed by atoms with van der Waals surface area (Å²) in [4.78, 5) is 3.86. The number of rotatable bonds is 4. The summed E-state index contributed by atoms with van der Waals surface area (Å²) in [5.74, 6) is -0.132. The van der Waals surface area contributed by atoms with Crippen molar-refractivity contribution >= 4 is 10.1 Å². The summed E-state index contributed by atoms with van der Waals surface area (Å²) in [6.45, 7) is 6.12. The maximum absolute atomic E-state index is 9.79. The van der Waals surface area contributed by atoms with Gasteiger partial charge in [0, 0.05) is 18.9 Å². The van der Waals surface area contributed by atoms with E-state index >= 15 is 0 Å². The van der Waals surface area contributed by atoms with Crippen LogP contribution in [0.2, 0.25) is 0 Å². The first-order chi connectivity index (χ1) is 6.99. The predicted molar refractivity (Wildman–Crippen MR) is 59.1 cm³/mol. The lowest BCUT2D eigenvalue weighted by Gasteiger charge is -1.89. The molecule has 0 unspecified atom stereocenters. The minimum atomic E-state index is -3.67. The third kappa shape index (κ3) is 9.17. The van der Waals surface area contributed by atoms with Crippen molar-refractivity contribution in [1.82, 2.24) is 9.55 Å². The minimum absolute atomic E-state index is 0.132. The largest absolute Gasteiger partial charge is 0.334 e. The molecular formula is C9H16N2O3S. The topological polar surface area (TPSA) is 72.2 Å². The SMILES string of the molecule is C=CCn1ccnc1.CCCS(=O)(=O)O. The van der Waals surface area contributed by atoms with Gasteiger partial charge in [-0.3, -0.25) is 4.55 Å². The average molecular weight is 232 g/mol. The molecular weight excluding hydrogens is 216 g/mol. The molecule has 0 aliphatic carbocycles. The second-order valence-corrected chi connectivity index (χ2v) is 4.41. The van der Waals surface area contributed by atoms with Crippen LogP contribution in [0.1, 0.15) is 13.3 Å². The molecule has 0 fully saturated rings. The first-order valence-corrected chi connectivity index (χ1v) is 6.12. The third-order valence-electron chi connectivity index (χ3n) is 1.36. The van der Waals surface area contributed by atoms with E-state index in [1.165, 1.54) is 0 Å². The summed E-state index contributed by atoms with van der Waals surface area (Å²) in [5.41, 5.74) is 0. The quantitative estimate of drug-likeness (QED) is 0.628. The van der Waals surface area contributed by atoms with Gasteiger partial charge in [-0.05, 0) is 6.42 Å². The Labute approximate surface area is 90.2 Å². The lowest BCUT2D eigenvalue weighted by atomic mass is 10.6. The van der Waals surface area contributed by atoms with Crippen LogP contribution in [0.25, 0.3) is 0 Å². The van der Waals surface area contributed by atoms with E-state index in [9.17, 15) is 8.42 Å². The number of aromatic nitrogens is 2. The molecule has 0 aliphatic heterocycles. The van der Waals surface area contributed by atoms with Crippen molar-refractivity contribution in [1.29, 1.82) is 0 Å². The van der Waals surface area contributed by atoms with Crippen molar-refractivity contribution in [3.63, 3.8) is 0 Å². The van der Waals surface area contributed by atoms with Crippen LogP contribution in [-0.4, -0.2) is 28.3 Å². The monoisotopic (exact) mass is 232 g/mol. The summed E-state index contributed by atoms with van der Waals surface area (Å²) in [6.07, 6.45) is 7.73. The molecule has 1 aromatic rings. The predicted octanol–water partition coefficient (Wildman–Crippen LogP) is 1.35. The molecule has 6 heteroatoms. The van der Waals surface area contributed by atoms with Crippen LogP contribution >= 0.6 is 0 Å². The van der Waals surface area contributed by atoms with E-state index in [1.807, 2.05) is 16.8 Å². The Bertz CT molecular complexity index is 357. The molecule has 86 valence electrons. The van der Waals surface area contributed by atoms with Gasteiger partial charge >= 0.3 is 0 Å². The van der Waals surface area contributed by atoms with E-state index in [2.05, 4.69) is 11.6 Å². The summed E-state index contributed by atoms with van der Waals surface area (Å²) in [6, 6.07) is 0. The van der Waals surface area contributed by atoms with Gasteiger partial charge in [0.2, 0.25) is 0 Å². The van der Waals surface area contributed by atoms with Gasteiger partial charge in [-0.15, -0.1) is 6.58 Å². The van der Waals surface area contributed by atoms with Crippen LogP contribution in [0.3, 0.4) is 0 Å². The maximum Gasteiger partial charge on any atom is 0.264 e. The van der Waals surface area contributed by atoms with E-state index in [0.29, 0.717) is 6.42 Å². The minimum Gasteiger partial charge on any atom is -0.334 e. The number of allylic oxidation sites excluding steroid dienone is 1. The molecule has 1 heterocycles. The summed E-state index contributed by atoms with van der Waals surface area (Å²) in [5, 5.41) is 0. The molecule has 1 N–H and O–H groups in total.